The van der Waals surface area contributed by atoms with Crippen LogP contribution in [-0.4, -0.2) is 182 Å². The third-order valence-electron chi connectivity index (χ3n) is 19.9. The number of rotatable bonds is 14. The number of carbonyl (C=O) groups is 6. The van der Waals surface area contributed by atoms with Crippen LogP contribution >= 0.6 is 11.8 Å². The number of piperidine rings is 1. The lowest BCUT2D eigenvalue weighted by Gasteiger charge is -2.46. The van der Waals surface area contributed by atoms with Gasteiger partial charge in [-0.2, -0.15) is 8.42 Å². The molecule has 20 atom stereocenters. The van der Waals surface area contributed by atoms with E-state index in [1.54, 1.807) is 20.8 Å². The summed E-state index contributed by atoms with van der Waals surface area (Å²) in [7, 11) is -2.59. The number of carboxylic acids is 1. The number of likely N-dealkylation sites (tertiary alicyclic amines) is 1. The Hall–Kier alpha value is -3.62. The summed E-state index contributed by atoms with van der Waals surface area (Å²) in [6, 6.07) is -2.13. The fourth-order valence-corrected chi connectivity index (χ4v) is 17.3. The van der Waals surface area contributed by atoms with Gasteiger partial charge in [0.25, 0.3) is 21.9 Å². The second-order valence-corrected chi connectivity index (χ2v) is 29.7. The zero-order valence-corrected chi connectivity index (χ0v) is 55.0. The number of ketones is 2. The first kappa shape index (κ1) is 71.5. The van der Waals surface area contributed by atoms with Crippen LogP contribution in [0.5, 0.6) is 0 Å². The van der Waals surface area contributed by atoms with Crippen LogP contribution in [-0.2, 0) is 53.2 Å². The second-order valence-electron chi connectivity index (χ2n) is 27.0. The van der Waals surface area contributed by atoms with Crippen molar-refractivity contribution in [2.75, 3.05) is 26.7 Å². The van der Waals surface area contributed by atoms with Gasteiger partial charge in [0.2, 0.25) is 11.7 Å². The standard InChI is InChI=1S/C61H97N5O16S2.C2H6/c1-31-21-32(2)23-41(18-19-60(10,11)65-30-43(27-42(65)29-63-84(62,78)79)83-54-38(8)50-49(39(9)67)56(72)66(50)51(54)58(74)75)47(70)28-46(69)37(7)53(35(5)25-40-16-17-45(68)48(26-40)80-12)81-59(76)44-15-13-14-20-64(44)57(73)55(71)61(77)36(6)24-34(4)52(82-61)33(3)22-31;1-2/h23,25,31,33-34,36-46,48-50,52-53,63,67-69,77H,13-22,24,26-30H2,1-12H3,(H,74,75)(H2,62,78,79);1-2H3/b32-23+,35-25+;/t31-,33-,34-,36+,37+,38+,39+,40-,41+,42-,43-,44-,45+,46-,48+,49+,50+,52+,53+,61+;/m0./s1. The molecule has 6 aliphatic heterocycles. The molecule has 1 aliphatic carbocycles. The Morgan fingerprint density at radius 2 is 1.64 bits per heavy atom. The SMILES string of the molecule is CC.CO[C@@H]1C[C@H](/C=C(\C)[C@H]2OC(=O)[C@@H]3CCCCN3C(=O)C(=O)[C@]3(O)O[C@H]([C@@H](C)C[C@@H](C)C/C(C)=C/[C@@H](CCC(C)(C)N4C[C@@H](SC5=C(C(=O)O)N6C(=O)[C@H]([C@@H](C)O)[C@H]6[C@H]5C)C[C@H]4CNS(N)(=O)=O)C(=O)C[C@H](O)[C@H]2C)[C@@H](C)C[C@H]3C)CC[C@H]1O. The Labute approximate surface area is 515 Å². The minimum atomic E-state index is -4.13. The van der Waals surface area contributed by atoms with Crippen LogP contribution in [0.2, 0.25) is 0 Å². The number of aliphatic hydroxyl groups is 4. The van der Waals surface area contributed by atoms with Gasteiger partial charge in [0.05, 0.1) is 42.5 Å². The molecule has 0 aromatic heterocycles. The molecule has 6 heterocycles. The smallest absolute Gasteiger partial charge is 0.353 e. The van der Waals surface area contributed by atoms with Crippen LogP contribution in [0.3, 0.4) is 0 Å². The van der Waals surface area contributed by atoms with Crippen molar-refractivity contribution in [1.29, 1.82) is 0 Å². The number of methoxy groups -OCH3 is 1. The number of nitrogens with zero attached hydrogens (tertiary/aromatic N) is 3. The maximum atomic E-state index is 15.1. The van der Waals surface area contributed by atoms with Crippen molar-refractivity contribution in [3.63, 3.8) is 0 Å². The summed E-state index contributed by atoms with van der Waals surface area (Å²) in [5, 5.41) is 61.4. The van der Waals surface area contributed by atoms with E-state index >= 15 is 4.79 Å². The third kappa shape index (κ3) is 16.1. The van der Waals surface area contributed by atoms with Crippen molar-refractivity contribution >= 4 is 57.3 Å². The molecule has 23 heteroatoms. The largest absolute Gasteiger partial charge is 0.477 e. The number of hydrogen-bond donors (Lipinski definition) is 7. The molecule has 8 N–H and O–H groups in total. The van der Waals surface area contributed by atoms with E-state index < -0.39 is 129 Å². The number of carbonyl (C=O) groups excluding carboxylic acids is 5. The highest BCUT2D eigenvalue weighted by atomic mass is 32.2. The summed E-state index contributed by atoms with van der Waals surface area (Å²) in [4.78, 5) is 90.0. The van der Waals surface area contributed by atoms with Gasteiger partial charge in [-0.05, 0) is 141 Å². The zero-order chi connectivity index (χ0) is 64.2. The lowest BCUT2D eigenvalue weighted by atomic mass is 9.76. The van der Waals surface area contributed by atoms with Crippen molar-refractivity contribution in [3.8, 4) is 0 Å². The summed E-state index contributed by atoms with van der Waals surface area (Å²) in [5.41, 5.74) is 0.683. The van der Waals surface area contributed by atoms with Gasteiger partial charge in [-0.25, -0.2) is 19.5 Å². The number of Topliss-reactive ketones (excluding diaryl/α,β-unsaturated/α-hetero) is 2. The predicted molar refractivity (Wildman–Crippen MR) is 326 cm³/mol. The minimum Gasteiger partial charge on any atom is -0.477 e. The minimum absolute atomic E-state index is 0.0247. The summed E-state index contributed by atoms with van der Waals surface area (Å²) in [5.74, 6) is -11.2. The van der Waals surface area contributed by atoms with Gasteiger partial charge < -0.3 is 49.5 Å². The van der Waals surface area contributed by atoms with E-state index in [9.17, 15) is 57.9 Å². The number of nitrogens with one attached hydrogen (secondary N) is 1. The normalized spacial score (nSPS) is 38.8. The third-order valence-corrected chi connectivity index (χ3v) is 21.9. The molecule has 2 bridgehead atoms. The number of aliphatic hydroxyl groups excluding tert-OH is 3. The van der Waals surface area contributed by atoms with E-state index in [1.165, 1.54) is 35.6 Å². The van der Waals surface area contributed by atoms with Crippen molar-refractivity contribution in [2.24, 2.45) is 58.4 Å². The molecule has 0 radical (unpaired) electrons. The number of nitrogens with two attached hydrogens (primary N) is 1. The highest BCUT2D eigenvalue weighted by Crippen LogP contribution is 2.53. The van der Waals surface area contributed by atoms with Gasteiger partial charge in [0.1, 0.15) is 23.6 Å². The van der Waals surface area contributed by atoms with Gasteiger partial charge in [-0.15, -0.1) is 11.8 Å². The number of cyclic esters (lactones) is 1. The number of aliphatic carboxylic acids is 1. The summed E-state index contributed by atoms with van der Waals surface area (Å²) >= 11 is 1.35. The number of fused-ring (bicyclic) bond motifs is 4. The second kappa shape index (κ2) is 29.6. The number of amides is 2. The van der Waals surface area contributed by atoms with Crippen molar-refractivity contribution in [2.45, 2.75) is 245 Å². The maximum absolute atomic E-state index is 15.1. The maximum Gasteiger partial charge on any atom is 0.353 e. The summed E-state index contributed by atoms with van der Waals surface area (Å²) in [6.07, 6.45) is 4.01. The van der Waals surface area contributed by atoms with E-state index in [4.69, 9.17) is 19.3 Å². The lowest BCUT2D eigenvalue weighted by molar-refractivity contribution is -0.282. The molecule has 7 aliphatic rings. The average Bonchev–Trinajstić information content (AvgIpc) is 1.55. The topological polar surface area (TPSA) is 313 Å². The summed E-state index contributed by atoms with van der Waals surface area (Å²) in [6.45, 7) is 25.0. The fraction of sp³-hybridized carbons (Fsp3) is 0.810. The fourth-order valence-electron chi connectivity index (χ4n) is 15.3. The number of carboxylic acid groups (broad SMARTS) is 1. The molecule has 5 fully saturated rings. The highest BCUT2D eigenvalue weighted by Gasteiger charge is 2.61. The molecule has 0 aromatic carbocycles. The van der Waals surface area contributed by atoms with Crippen LogP contribution in [0, 0.1) is 53.3 Å². The molecule has 1 saturated carbocycles. The van der Waals surface area contributed by atoms with E-state index in [-0.39, 0.29) is 72.3 Å². The van der Waals surface area contributed by atoms with Crippen molar-refractivity contribution in [1.82, 2.24) is 19.4 Å². The Morgan fingerprint density at radius 1 is 0.977 bits per heavy atom. The Morgan fingerprint density at radius 3 is 2.27 bits per heavy atom. The average molecular weight is 1250 g/mol. The Balaban J connectivity index is 0.00000585. The van der Waals surface area contributed by atoms with E-state index in [2.05, 4.69) is 16.5 Å². The molecule has 86 heavy (non-hydrogen) atoms. The first-order chi connectivity index (χ1) is 40.2. The van der Waals surface area contributed by atoms with Crippen LogP contribution in [0.4, 0.5) is 0 Å². The molecular weight excluding hydrogens is 1150 g/mol. The molecule has 488 valence electrons. The molecule has 2 amide bonds. The van der Waals surface area contributed by atoms with Crippen LogP contribution in [0.25, 0.3) is 0 Å². The van der Waals surface area contributed by atoms with Gasteiger partial charge in [0, 0.05) is 78.6 Å². The molecular formula is C63H103N5O16S2. The van der Waals surface area contributed by atoms with Gasteiger partial charge in [0.15, 0.2) is 0 Å². The first-order valence-electron chi connectivity index (χ1n) is 31.6. The van der Waals surface area contributed by atoms with Crippen molar-refractivity contribution < 1.29 is 76.9 Å². The lowest BCUT2D eigenvalue weighted by Crippen LogP contribution is -2.63. The first-order valence-corrected chi connectivity index (χ1v) is 34.0. The highest BCUT2D eigenvalue weighted by molar-refractivity contribution is 8.03. The molecule has 0 aromatic rings. The monoisotopic (exact) mass is 1250 g/mol. The summed E-state index contributed by atoms with van der Waals surface area (Å²) < 4.78 is 45.7. The van der Waals surface area contributed by atoms with Gasteiger partial charge in [-0.3, -0.25) is 24.1 Å². The zero-order valence-electron chi connectivity index (χ0n) is 53.4. The Kier molecular flexibility index (Phi) is 24.6. The van der Waals surface area contributed by atoms with Crippen LogP contribution in [0.1, 0.15) is 173 Å². The van der Waals surface area contributed by atoms with E-state index in [1.807, 2.05) is 67.5 Å². The number of esters is 1. The quantitative estimate of drug-likeness (QED) is 0.0453. The number of β-lactam (4-membered cyclic amide) rings is 1. The van der Waals surface area contributed by atoms with E-state index in [0.717, 1.165) is 5.57 Å². The van der Waals surface area contributed by atoms with Gasteiger partial charge in [-0.1, -0.05) is 73.1 Å². The van der Waals surface area contributed by atoms with Crippen molar-refractivity contribution in [3.05, 3.63) is 33.9 Å². The number of hydrogen-bond acceptors (Lipinski definition) is 17. The molecule has 7 rings (SSSR count). The number of allylic oxidation sites excluding steroid dienone is 3. The molecule has 21 nitrogen and oxygen atoms in total. The number of ether oxygens (including phenoxy) is 3. The van der Waals surface area contributed by atoms with Gasteiger partial charge >= 0.3 is 11.9 Å². The molecule has 0 unspecified atom stereocenters. The number of thioether (sulfide) groups is 1. The Bertz CT molecular complexity index is 2670. The molecule has 4 saturated heterocycles. The van der Waals surface area contributed by atoms with Crippen LogP contribution < -0.4 is 9.86 Å². The molecule has 0 spiro atoms. The predicted octanol–water partition coefficient (Wildman–Crippen LogP) is 6.01. The van der Waals surface area contributed by atoms with E-state index in [0.29, 0.717) is 87.7 Å². The van der Waals surface area contributed by atoms with Crippen LogP contribution in [0.15, 0.2) is 33.9 Å².